The predicted molar refractivity (Wildman–Crippen MR) is 110 cm³/mol. The normalized spacial score (nSPS) is 11.9. The van der Waals surface area contributed by atoms with Crippen LogP contribution in [0.4, 0.5) is 0 Å². The van der Waals surface area contributed by atoms with E-state index in [0.29, 0.717) is 6.61 Å². The molecular formula is C23H34O4. The first kappa shape index (κ1) is 22.8. The number of rotatable bonds is 16. The van der Waals surface area contributed by atoms with E-state index in [0.717, 1.165) is 38.5 Å². The van der Waals surface area contributed by atoms with Crippen molar-refractivity contribution in [2.75, 3.05) is 6.61 Å². The van der Waals surface area contributed by atoms with Crippen LogP contribution in [0, 0.1) is 0 Å². The monoisotopic (exact) mass is 374 g/mol. The van der Waals surface area contributed by atoms with Gasteiger partial charge in [-0.15, -0.1) is 0 Å². The van der Waals surface area contributed by atoms with E-state index in [9.17, 15) is 4.79 Å². The number of allylic oxidation sites excluding steroid dienone is 6. The van der Waals surface area contributed by atoms with Crippen molar-refractivity contribution in [1.82, 2.24) is 0 Å². The maximum absolute atomic E-state index is 10.7. The second-order valence-corrected chi connectivity index (χ2v) is 6.48. The quantitative estimate of drug-likeness (QED) is 0.251. The van der Waals surface area contributed by atoms with Gasteiger partial charge in [-0.05, 0) is 44.6 Å². The Balaban J connectivity index is 1.86. The molecule has 0 saturated heterocycles. The third-order valence-corrected chi connectivity index (χ3v) is 4.08. The van der Waals surface area contributed by atoms with Gasteiger partial charge in [0.1, 0.15) is 0 Å². The van der Waals surface area contributed by atoms with Crippen LogP contribution < -0.4 is 4.74 Å². The Bertz CT molecular complexity index is 581. The van der Waals surface area contributed by atoms with E-state index in [2.05, 4.69) is 43.4 Å². The van der Waals surface area contributed by atoms with Crippen molar-refractivity contribution in [3.05, 3.63) is 54.3 Å². The minimum Gasteiger partial charge on any atom is -0.475 e. The summed E-state index contributed by atoms with van der Waals surface area (Å²) in [6, 6.07) is 2.96. The Hall–Kier alpha value is -2.23. The molecule has 0 aliphatic carbocycles. The lowest BCUT2D eigenvalue weighted by Gasteiger charge is -2.03. The van der Waals surface area contributed by atoms with Gasteiger partial charge in [-0.3, -0.25) is 0 Å². The summed E-state index contributed by atoms with van der Waals surface area (Å²) in [5, 5.41) is 8.76. The Labute approximate surface area is 163 Å². The Morgan fingerprint density at radius 3 is 2.22 bits per heavy atom. The molecule has 0 aliphatic rings. The molecule has 0 unspecified atom stereocenters. The van der Waals surface area contributed by atoms with Crippen LogP contribution in [0.3, 0.4) is 0 Å². The molecule has 0 atom stereocenters. The molecule has 0 bridgehead atoms. The highest BCUT2D eigenvalue weighted by molar-refractivity contribution is 5.84. The van der Waals surface area contributed by atoms with E-state index >= 15 is 0 Å². The van der Waals surface area contributed by atoms with Crippen LogP contribution in [0.15, 0.2) is 53.0 Å². The molecule has 0 fully saturated rings. The molecule has 1 rings (SSSR count). The summed E-state index contributed by atoms with van der Waals surface area (Å²) >= 11 is 0. The van der Waals surface area contributed by atoms with Crippen molar-refractivity contribution in [3.63, 3.8) is 0 Å². The van der Waals surface area contributed by atoms with Gasteiger partial charge in [0.25, 0.3) is 5.95 Å². The molecule has 0 spiro atoms. The van der Waals surface area contributed by atoms with Crippen molar-refractivity contribution in [1.29, 1.82) is 0 Å². The molecule has 1 aromatic rings. The molecule has 1 heterocycles. The number of carboxylic acids is 1. The van der Waals surface area contributed by atoms with Gasteiger partial charge in [0.15, 0.2) is 0 Å². The Kier molecular flexibility index (Phi) is 13.5. The van der Waals surface area contributed by atoms with Crippen LogP contribution in [0.25, 0.3) is 0 Å². The number of aromatic carboxylic acids is 1. The number of unbranched alkanes of at least 4 members (excludes halogenated alkanes) is 6. The fraction of sp³-hybridized carbons (Fsp3) is 0.522. The zero-order valence-electron chi connectivity index (χ0n) is 16.6. The summed E-state index contributed by atoms with van der Waals surface area (Å²) in [6.07, 6.45) is 24.8. The third-order valence-electron chi connectivity index (χ3n) is 4.08. The van der Waals surface area contributed by atoms with Crippen LogP contribution in [-0.4, -0.2) is 17.7 Å². The molecular weight excluding hydrogens is 340 g/mol. The van der Waals surface area contributed by atoms with E-state index < -0.39 is 5.97 Å². The van der Waals surface area contributed by atoms with Gasteiger partial charge in [-0.25, -0.2) is 4.79 Å². The topological polar surface area (TPSA) is 59.7 Å². The number of furan rings is 1. The molecule has 0 aromatic carbocycles. The second-order valence-electron chi connectivity index (χ2n) is 6.48. The van der Waals surface area contributed by atoms with Gasteiger partial charge in [0.05, 0.1) is 6.61 Å². The highest BCUT2D eigenvalue weighted by atomic mass is 16.6. The number of carboxylic acid groups (broad SMARTS) is 1. The summed E-state index contributed by atoms with van der Waals surface area (Å²) in [5.74, 6) is -0.873. The van der Waals surface area contributed by atoms with Crippen LogP contribution in [0.2, 0.25) is 0 Å². The van der Waals surface area contributed by atoms with Crippen LogP contribution in [-0.2, 0) is 0 Å². The van der Waals surface area contributed by atoms with Gasteiger partial charge in [0, 0.05) is 6.07 Å². The SMILES string of the molecule is CCC=CCC=CCC=CCCCCCCCCOc1ccc(C(=O)O)o1. The highest BCUT2D eigenvalue weighted by Crippen LogP contribution is 2.16. The zero-order valence-corrected chi connectivity index (χ0v) is 16.6. The van der Waals surface area contributed by atoms with Crippen molar-refractivity contribution >= 4 is 5.97 Å². The number of carbonyl (C=O) groups is 1. The van der Waals surface area contributed by atoms with Crippen LogP contribution in [0.1, 0.15) is 81.7 Å². The van der Waals surface area contributed by atoms with Crippen molar-refractivity contribution in [2.45, 2.75) is 71.1 Å². The minimum atomic E-state index is -1.07. The largest absolute Gasteiger partial charge is 0.475 e. The van der Waals surface area contributed by atoms with Crippen LogP contribution >= 0.6 is 0 Å². The minimum absolute atomic E-state index is 0.0841. The van der Waals surface area contributed by atoms with Crippen LogP contribution in [0.5, 0.6) is 5.95 Å². The smallest absolute Gasteiger partial charge is 0.371 e. The van der Waals surface area contributed by atoms with Gasteiger partial charge in [-0.2, -0.15) is 0 Å². The molecule has 4 heteroatoms. The van der Waals surface area contributed by atoms with Gasteiger partial charge >= 0.3 is 5.97 Å². The average Bonchev–Trinajstić information content (AvgIpc) is 3.13. The molecule has 0 radical (unpaired) electrons. The molecule has 1 N–H and O–H groups in total. The van der Waals surface area contributed by atoms with Gasteiger partial charge in [0.2, 0.25) is 5.76 Å². The number of hydrogen-bond acceptors (Lipinski definition) is 3. The molecule has 0 saturated carbocycles. The van der Waals surface area contributed by atoms with Crippen molar-refractivity contribution in [3.8, 4) is 5.95 Å². The van der Waals surface area contributed by atoms with E-state index in [1.165, 1.54) is 31.7 Å². The summed E-state index contributed by atoms with van der Waals surface area (Å²) < 4.78 is 10.4. The molecule has 27 heavy (non-hydrogen) atoms. The standard InChI is InChI=1S/C23H34O4/c1-2-3-4-5-6-7-8-9-10-11-12-13-14-15-16-17-20-26-22-19-18-21(27-22)23(24)25/h3-4,6-7,9-10,18-19H,2,5,8,11-17,20H2,1H3,(H,24,25). The maximum atomic E-state index is 10.7. The maximum Gasteiger partial charge on any atom is 0.371 e. The summed E-state index contributed by atoms with van der Waals surface area (Å²) in [7, 11) is 0. The lowest BCUT2D eigenvalue weighted by molar-refractivity contribution is 0.0653. The summed E-state index contributed by atoms with van der Waals surface area (Å²) in [5.41, 5.74) is 0. The molecule has 4 nitrogen and oxygen atoms in total. The first-order chi connectivity index (χ1) is 13.2. The highest BCUT2D eigenvalue weighted by Gasteiger charge is 2.09. The zero-order chi connectivity index (χ0) is 19.6. The number of ether oxygens (including phenoxy) is 1. The van der Waals surface area contributed by atoms with Crippen molar-refractivity contribution < 1.29 is 19.1 Å². The summed E-state index contributed by atoms with van der Waals surface area (Å²) in [6.45, 7) is 2.72. The summed E-state index contributed by atoms with van der Waals surface area (Å²) in [4.78, 5) is 10.7. The lowest BCUT2D eigenvalue weighted by atomic mass is 10.1. The Morgan fingerprint density at radius 1 is 0.926 bits per heavy atom. The van der Waals surface area contributed by atoms with Gasteiger partial charge in [-0.1, -0.05) is 69.1 Å². The van der Waals surface area contributed by atoms with Crippen molar-refractivity contribution in [2.24, 2.45) is 0 Å². The molecule has 1 aromatic heterocycles. The lowest BCUT2D eigenvalue weighted by Crippen LogP contribution is -1.96. The number of hydrogen-bond donors (Lipinski definition) is 1. The van der Waals surface area contributed by atoms with E-state index in [4.69, 9.17) is 14.3 Å². The van der Waals surface area contributed by atoms with E-state index in [1.54, 1.807) is 6.07 Å². The second kappa shape index (κ2) is 16.0. The first-order valence-corrected chi connectivity index (χ1v) is 10.1. The first-order valence-electron chi connectivity index (χ1n) is 10.1. The molecule has 0 aliphatic heterocycles. The molecule has 0 amide bonds. The average molecular weight is 375 g/mol. The fourth-order valence-corrected chi connectivity index (χ4v) is 2.58. The van der Waals surface area contributed by atoms with E-state index in [1.807, 2.05) is 0 Å². The van der Waals surface area contributed by atoms with E-state index in [-0.39, 0.29) is 11.7 Å². The predicted octanol–water partition coefficient (Wildman–Crippen LogP) is 6.95. The Morgan fingerprint density at radius 2 is 1.56 bits per heavy atom. The molecule has 150 valence electrons. The van der Waals surface area contributed by atoms with Gasteiger partial charge < -0.3 is 14.3 Å². The fourth-order valence-electron chi connectivity index (χ4n) is 2.58. The third kappa shape index (κ3) is 12.7.